The van der Waals surface area contributed by atoms with E-state index in [1.54, 1.807) is 18.2 Å². The summed E-state index contributed by atoms with van der Waals surface area (Å²) in [5.41, 5.74) is 7.22. The van der Waals surface area contributed by atoms with Crippen molar-refractivity contribution in [3.8, 4) is 6.07 Å². The molecular formula is C12H17N3O. The molecule has 0 aliphatic carbocycles. The van der Waals surface area contributed by atoms with Gasteiger partial charge in [0.2, 0.25) is 0 Å². The zero-order valence-electron chi connectivity index (χ0n) is 9.62. The molecule has 16 heavy (non-hydrogen) atoms. The van der Waals surface area contributed by atoms with Crippen LogP contribution in [0.15, 0.2) is 18.2 Å². The number of rotatable bonds is 4. The van der Waals surface area contributed by atoms with Crippen molar-refractivity contribution in [3.63, 3.8) is 0 Å². The first kappa shape index (κ1) is 12.3. The predicted molar refractivity (Wildman–Crippen MR) is 64.9 cm³/mol. The van der Waals surface area contributed by atoms with Gasteiger partial charge in [0.25, 0.3) is 0 Å². The van der Waals surface area contributed by atoms with Crippen molar-refractivity contribution in [1.82, 2.24) is 0 Å². The molecule has 0 fully saturated rings. The summed E-state index contributed by atoms with van der Waals surface area (Å²) >= 11 is 0. The third kappa shape index (κ3) is 3.14. The molecule has 86 valence electrons. The van der Waals surface area contributed by atoms with E-state index < -0.39 is 0 Å². The fourth-order valence-corrected chi connectivity index (χ4v) is 1.20. The molecule has 4 N–H and O–H groups in total. The Bertz CT molecular complexity index is 407. The highest BCUT2D eigenvalue weighted by molar-refractivity contribution is 5.62. The maximum Gasteiger partial charge on any atom is 0.101 e. The normalized spacial score (nSPS) is 10.9. The van der Waals surface area contributed by atoms with E-state index in [0.29, 0.717) is 17.8 Å². The Morgan fingerprint density at radius 2 is 2.19 bits per heavy atom. The average Bonchev–Trinajstić information content (AvgIpc) is 2.27. The Morgan fingerprint density at radius 1 is 1.50 bits per heavy atom. The highest BCUT2D eigenvalue weighted by atomic mass is 16.3. The maximum absolute atomic E-state index is 9.12. The molecule has 1 aromatic carbocycles. The summed E-state index contributed by atoms with van der Waals surface area (Å²) in [4.78, 5) is 0. The summed E-state index contributed by atoms with van der Waals surface area (Å²) in [6.45, 7) is 4.59. The second-order valence-corrected chi connectivity index (χ2v) is 4.59. The number of nitrogen functional groups attached to an aromatic ring is 1. The second kappa shape index (κ2) is 4.86. The predicted octanol–water partition coefficient (Wildman–Crippen LogP) is 1.57. The van der Waals surface area contributed by atoms with Crippen molar-refractivity contribution in [2.75, 3.05) is 24.2 Å². The highest BCUT2D eigenvalue weighted by Crippen LogP contribution is 2.20. The number of nitriles is 1. The molecule has 1 aromatic rings. The first-order valence-electron chi connectivity index (χ1n) is 5.13. The number of aliphatic hydroxyl groups is 1. The quantitative estimate of drug-likeness (QED) is 0.671. The van der Waals surface area contributed by atoms with Crippen LogP contribution in [0.25, 0.3) is 0 Å². The summed E-state index contributed by atoms with van der Waals surface area (Å²) in [6, 6.07) is 7.24. The minimum atomic E-state index is -0.214. The first-order valence-corrected chi connectivity index (χ1v) is 5.13. The van der Waals surface area contributed by atoms with Crippen LogP contribution >= 0.6 is 0 Å². The SMILES string of the molecule is CC(C)(CO)CNc1ccc(N)cc1C#N. The van der Waals surface area contributed by atoms with Crippen molar-refractivity contribution in [2.45, 2.75) is 13.8 Å². The molecule has 0 amide bonds. The number of hydrogen-bond donors (Lipinski definition) is 3. The van der Waals surface area contributed by atoms with Gasteiger partial charge in [-0.2, -0.15) is 5.26 Å². The Morgan fingerprint density at radius 3 is 2.75 bits per heavy atom. The van der Waals surface area contributed by atoms with E-state index in [9.17, 15) is 0 Å². The van der Waals surface area contributed by atoms with E-state index >= 15 is 0 Å². The average molecular weight is 219 g/mol. The molecule has 0 aliphatic heterocycles. The largest absolute Gasteiger partial charge is 0.399 e. The van der Waals surface area contributed by atoms with E-state index in [2.05, 4.69) is 11.4 Å². The molecule has 4 heteroatoms. The van der Waals surface area contributed by atoms with Crippen LogP contribution in [0.5, 0.6) is 0 Å². The van der Waals surface area contributed by atoms with Crippen molar-refractivity contribution < 1.29 is 5.11 Å². The molecule has 0 saturated carbocycles. The fourth-order valence-electron chi connectivity index (χ4n) is 1.20. The van der Waals surface area contributed by atoms with E-state index in [-0.39, 0.29) is 12.0 Å². The van der Waals surface area contributed by atoms with Crippen LogP contribution in [0.1, 0.15) is 19.4 Å². The van der Waals surface area contributed by atoms with Gasteiger partial charge in [0.15, 0.2) is 0 Å². The monoisotopic (exact) mass is 219 g/mol. The molecule has 0 atom stereocenters. The number of nitrogens with one attached hydrogen (secondary N) is 1. The topological polar surface area (TPSA) is 82.1 Å². The van der Waals surface area contributed by atoms with Gasteiger partial charge in [-0.25, -0.2) is 0 Å². The van der Waals surface area contributed by atoms with Crippen molar-refractivity contribution in [3.05, 3.63) is 23.8 Å². The van der Waals surface area contributed by atoms with E-state index in [0.717, 1.165) is 5.69 Å². The molecule has 0 unspecified atom stereocenters. The Kier molecular flexibility index (Phi) is 3.75. The van der Waals surface area contributed by atoms with E-state index in [1.165, 1.54) is 0 Å². The number of hydrogen-bond acceptors (Lipinski definition) is 4. The molecule has 4 nitrogen and oxygen atoms in total. The van der Waals surface area contributed by atoms with Crippen LogP contribution in [0.3, 0.4) is 0 Å². The molecule has 1 rings (SSSR count). The lowest BCUT2D eigenvalue weighted by atomic mass is 9.95. The first-order chi connectivity index (χ1) is 7.48. The third-order valence-corrected chi connectivity index (χ3v) is 2.35. The lowest BCUT2D eigenvalue weighted by molar-refractivity contribution is 0.171. The molecule has 0 heterocycles. The molecular weight excluding hydrogens is 202 g/mol. The number of benzene rings is 1. The van der Waals surface area contributed by atoms with Crippen LogP contribution in [0, 0.1) is 16.7 Å². The van der Waals surface area contributed by atoms with Gasteiger partial charge < -0.3 is 16.2 Å². The van der Waals surface area contributed by atoms with Gasteiger partial charge in [0.05, 0.1) is 11.3 Å². The summed E-state index contributed by atoms with van der Waals surface area (Å²) in [7, 11) is 0. The number of nitrogens with zero attached hydrogens (tertiary/aromatic N) is 1. The lowest BCUT2D eigenvalue weighted by Gasteiger charge is -2.23. The van der Waals surface area contributed by atoms with Crippen LogP contribution in [-0.4, -0.2) is 18.3 Å². The summed E-state index contributed by atoms with van der Waals surface area (Å²) in [6.07, 6.45) is 0. The zero-order chi connectivity index (χ0) is 12.2. The van der Waals surface area contributed by atoms with Gasteiger partial charge in [0.1, 0.15) is 6.07 Å². The molecule has 0 radical (unpaired) electrons. The van der Waals surface area contributed by atoms with E-state index in [1.807, 2.05) is 13.8 Å². The fraction of sp³-hybridized carbons (Fsp3) is 0.417. The molecule has 0 bridgehead atoms. The Labute approximate surface area is 95.7 Å². The minimum absolute atomic E-state index is 0.0941. The van der Waals surface area contributed by atoms with E-state index in [4.69, 9.17) is 16.1 Å². The number of anilines is 2. The summed E-state index contributed by atoms with van der Waals surface area (Å²) < 4.78 is 0. The van der Waals surface area contributed by atoms with Crippen molar-refractivity contribution in [1.29, 1.82) is 5.26 Å². The standard InChI is InChI=1S/C12H17N3O/c1-12(2,8-16)7-15-11-4-3-10(14)5-9(11)6-13/h3-5,15-16H,7-8,14H2,1-2H3. The van der Waals surface area contributed by atoms with Gasteiger partial charge in [-0.15, -0.1) is 0 Å². The van der Waals surface area contributed by atoms with Crippen molar-refractivity contribution in [2.24, 2.45) is 5.41 Å². The number of aliphatic hydroxyl groups excluding tert-OH is 1. The molecule has 0 saturated heterocycles. The lowest BCUT2D eigenvalue weighted by Crippen LogP contribution is -2.27. The van der Waals surface area contributed by atoms with Gasteiger partial charge in [-0.3, -0.25) is 0 Å². The summed E-state index contributed by atoms with van der Waals surface area (Å²) in [5.74, 6) is 0. The van der Waals surface area contributed by atoms with Gasteiger partial charge in [-0.1, -0.05) is 13.8 Å². The molecule has 0 aromatic heterocycles. The Hall–Kier alpha value is -1.73. The zero-order valence-corrected chi connectivity index (χ0v) is 9.62. The van der Waals surface area contributed by atoms with Crippen LogP contribution < -0.4 is 11.1 Å². The second-order valence-electron chi connectivity index (χ2n) is 4.59. The molecule has 0 spiro atoms. The smallest absolute Gasteiger partial charge is 0.101 e. The van der Waals surface area contributed by atoms with Gasteiger partial charge >= 0.3 is 0 Å². The number of nitrogens with two attached hydrogens (primary N) is 1. The Balaban J connectivity index is 2.79. The molecule has 0 aliphatic rings. The third-order valence-electron chi connectivity index (χ3n) is 2.35. The maximum atomic E-state index is 9.12. The van der Waals surface area contributed by atoms with Crippen LogP contribution in [0.2, 0.25) is 0 Å². The van der Waals surface area contributed by atoms with Gasteiger partial charge in [-0.05, 0) is 18.2 Å². The highest BCUT2D eigenvalue weighted by Gasteiger charge is 2.16. The van der Waals surface area contributed by atoms with Crippen LogP contribution in [-0.2, 0) is 0 Å². The minimum Gasteiger partial charge on any atom is -0.399 e. The van der Waals surface area contributed by atoms with Crippen molar-refractivity contribution >= 4 is 11.4 Å². The summed E-state index contributed by atoms with van der Waals surface area (Å²) in [5, 5.41) is 21.2. The van der Waals surface area contributed by atoms with Crippen LogP contribution in [0.4, 0.5) is 11.4 Å². The van der Waals surface area contributed by atoms with Gasteiger partial charge in [0, 0.05) is 24.3 Å².